The average molecular weight is 620 g/mol. The maximum atomic E-state index is 13.3. The highest BCUT2D eigenvalue weighted by atomic mass is 19.1. The first-order valence-electron chi connectivity index (χ1n) is 15.5. The number of nitrogens with one attached hydrogen (secondary N) is 3. The normalized spacial score (nSPS) is 16.3. The molecule has 1 aliphatic heterocycles. The van der Waals surface area contributed by atoms with E-state index in [-0.39, 0.29) is 11.5 Å². The van der Waals surface area contributed by atoms with Crippen molar-refractivity contribution < 1.29 is 9.18 Å². The fraction of sp³-hybridized carbons (Fsp3) is 0.314. The van der Waals surface area contributed by atoms with E-state index in [9.17, 15) is 9.18 Å². The van der Waals surface area contributed by atoms with Gasteiger partial charge in [-0.05, 0) is 61.8 Å². The number of nitrogens with zero attached hydrogens (tertiary/aromatic N) is 6. The van der Waals surface area contributed by atoms with Crippen molar-refractivity contribution in [2.45, 2.75) is 58.5 Å². The Bertz CT molecular complexity index is 1950. The molecule has 0 spiro atoms. The summed E-state index contributed by atoms with van der Waals surface area (Å²) >= 11 is 0. The number of rotatable bonds is 9. The lowest BCUT2D eigenvalue weighted by atomic mass is 9.88. The van der Waals surface area contributed by atoms with Crippen molar-refractivity contribution in [1.29, 1.82) is 0 Å². The number of pyridine rings is 1. The molecule has 1 fully saturated rings. The van der Waals surface area contributed by atoms with Crippen molar-refractivity contribution in [3.05, 3.63) is 84.5 Å². The topological polar surface area (TPSA) is 121 Å². The van der Waals surface area contributed by atoms with Crippen molar-refractivity contribution in [2.75, 3.05) is 17.2 Å². The molecular weight excluding hydrogens is 581 g/mol. The Kier molecular flexibility index (Phi) is 8.59. The van der Waals surface area contributed by atoms with Crippen LogP contribution in [0.3, 0.4) is 0 Å². The summed E-state index contributed by atoms with van der Waals surface area (Å²) in [6.07, 6.45) is 7.67. The van der Waals surface area contributed by atoms with Crippen LogP contribution in [0.5, 0.6) is 0 Å². The highest BCUT2D eigenvalue weighted by molar-refractivity contribution is 6.04. The lowest BCUT2D eigenvalue weighted by molar-refractivity contribution is -0.114. The van der Waals surface area contributed by atoms with Crippen LogP contribution in [0.15, 0.2) is 78.3 Å². The molecule has 1 unspecified atom stereocenters. The molecule has 236 valence electrons. The molecule has 46 heavy (non-hydrogen) atoms. The maximum absolute atomic E-state index is 13.3. The minimum absolute atomic E-state index is 0.144. The molecule has 1 amide bonds. The van der Waals surface area contributed by atoms with Crippen LogP contribution in [0, 0.1) is 5.92 Å². The molecule has 10 nitrogen and oxygen atoms in total. The number of anilines is 2. The number of piperidine rings is 1. The van der Waals surface area contributed by atoms with Gasteiger partial charge >= 0.3 is 0 Å². The largest absolute Gasteiger partial charge is 0.350 e. The Labute approximate surface area is 267 Å². The zero-order chi connectivity index (χ0) is 32.4. The van der Waals surface area contributed by atoms with Crippen LogP contribution in [-0.2, 0) is 11.3 Å². The minimum Gasteiger partial charge on any atom is -0.350 e. The van der Waals surface area contributed by atoms with Crippen molar-refractivity contribution in [2.24, 2.45) is 10.9 Å². The number of amides is 1. The number of aromatic nitrogens is 5. The molecular formula is C35H38FN9O. The molecule has 4 heterocycles. The summed E-state index contributed by atoms with van der Waals surface area (Å²) in [5, 5.41) is 16.0. The van der Waals surface area contributed by atoms with Gasteiger partial charge in [-0.1, -0.05) is 50.8 Å². The monoisotopic (exact) mass is 619 g/mol. The minimum atomic E-state index is -1.04. The van der Waals surface area contributed by atoms with Gasteiger partial charge in [-0.3, -0.25) is 9.78 Å². The van der Waals surface area contributed by atoms with Crippen LogP contribution >= 0.6 is 0 Å². The third-order valence-electron chi connectivity index (χ3n) is 8.37. The molecule has 6 rings (SSSR count). The third-order valence-corrected chi connectivity index (χ3v) is 8.37. The van der Waals surface area contributed by atoms with E-state index in [0.29, 0.717) is 30.0 Å². The quantitative estimate of drug-likeness (QED) is 0.120. The lowest BCUT2D eigenvalue weighted by Gasteiger charge is -2.34. The summed E-state index contributed by atoms with van der Waals surface area (Å²) in [5.74, 6) is -0.435. The van der Waals surface area contributed by atoms with Gasteiger partial charge < -0.3 is 16.0 Å². The Hall–Kier alpha value is -5.03. The first-order valence-corrected chi connectivity index (χ1v) is 15.5. The summed E-state index contributed by atoms with van der Waals surface area (Å²) in [5.41, 5.74) is 5.09. The summed E-state index contributed by atoms with van der Waals surface area (Å²) in [6, 6.07) is 15.3. The second kappa shape index (κ2) is 12.8. The van der Waals surface area contributed by atoms with Crippen LogP contribution in [-0.4, -0.2) is 48.8 Å². The number of halogens is 1. The average Bonchev–Trinajstić information content (AvgIpc) is 3.47. The molecule has 0 saturated carbocycles. The molecule has 3 N–H and O–H groups in total. The first-order chi connectivity index (χ1) is 22.1. The van der Waals surface area contributed by atoms with E-state index in [1.165, 1.54) is 0 Å². The predicted molar refractivity (Wildman–Crippen MR) is 181 cm³/mol. The van der Waals surface area contributed by atoms with E-state index in [2.05, 4.69) is 55.3 Å². The second-order valence-electron chi connectivity index (χ2n) is 12.6. The van der Waals surface area contributed by atoms with Gasteiger partial charge in [0, 0.05) is 59.2 Å². The van der Waals surface area contributed by atoms with Crippen molar-refractivity contribution in [1.82, 2.24) is 29.9 Å². The van der Waals surface area contributed by atoms with Crippen LogP contribution in [0.2, 0.25) is 0 Å². The van der Waals surface area contributed by atoms with E-state index in [0.717, 1.165) is 58.2 Å². The molecule has 1 aliphatic rings. The lowest BCUT2D eigenvalue weighted by Crippen LogP contribution is -2.46. The van der Waals surface area contributed by atoms with Crippen molar-refractivity contribution in [3.63, 3.8) is 0 Å². The fourth-order valence-electron chi connectivity index (χ4n) is 5.66. The molecule has 0 bridgehead atoms. The summed E-state index contributed by atoms with van der Waals surface area (Å²) in [6.45, 7) is 13.1. The van der Waals surface area contributed by atoms with Gasteiger partial charge in [0.05, 0.1) is 11.9 Å². The smallest absolute Gasteiger partial charge is 0.283 e. The van der Waals surface area contributed by atoms with E-state index >= 15 is 0 Å². The number of carbonyl (C=O) groups is 1. The molecule has 1 saturated heterocycles. The van der Waals surface area contributed by atoms with Crippen molar-refractivity contribution >= 4 is 46.1 Å². The molecule has 0 radical (unpaired) electrons. The third kappa shape index (κ3) is 6.64. The summed E-state index contributed by atoms with van der Waals surface area (Å²) in [7, 11) is 0. The highest BCUT2D eigenvalue weighted by Gasteiger charge is 2.25. The zero-order valence-corrected chi connectivity index (χ0v) is 26.5. The molecule has 1 atom stereocenters. The van der Waals surface area contributed by atoms with Gasteiger partial charge in [0.15, 0.2) is 11.5 Å². The van der Waals surface area contributed by atoms with Gasteiger partial charge in [0.1, 0.15) is 0 Å². The number of benzene rings is 2. The maximum Gasteiger partial charge on any atom is 0.283 e. The number of aliphatic imine (C=N–C) groups is 1. The first kappa shape index (κ1) is 31.0. The molecule has 2 aromatic carbocycles. The molecule has 5 aromatic rings. The Morgan fingerprint density at radius 3 is 2.80 bits per heavy atom. The molecule has 3 aromatic heterocycles. The Morgan fingerprint density at radius 2 is 2.04 bits per heavy atom. The van der Waals surface area contributed by atoms with Gasteiger partial charge in [-0.2, -0.15) is 19.6 Å². The van der Waals surface area contributed by atoms with Crippen LogP contribution in [0.25, 0.3) is 27.7 Å². The van der Waals surface area contributed by atoms with Crippen LogP contribution < -0.4 is 16.0 Å². The zero-order valence-electron chi connectivity index (χ0n) is 26.5. The Morgan fingerprint density at radius 1 is 1.22 bits per heavy atom. The van der Waals surface area contributed by atoms with E-state index in [1.54, 1.807) is 22.8 Å². The Balaban J connectivity index is 1.30. The molecule has 0 aliphatic carbocycles. The van der Waals surface area contributed by atoms with Gasteiger partial charge in [-0.15, -0.1) is 0 Å². The highest BCUT2D eigenvalue weighted by Crippen LogP contribution is 2.32. The summed E-state index contributed by atoms with van der Waals surface area (Å²) < 4.78 is 15.0. The SMILES string of the molecule is C=C(F)C(=O)Nc1ccc2c(-c3ccccc3CNc3nc(N=CC4CCC(C)(C)NC4)nc4c(C(C)C)cnn34)nccc2c1. The second-order valence-corrected chi connectivity index (χ2v) is 12.6. The van der Waals surface area contributed by atoms with Gasteiger partial charge in [0.25, 0.3) is 11.9 Å². The van der Waals surface area contributed by atoms with Gasteiger partial charge in [-0.25, -0.2) is 9.38 Å². The number of carbonyl (C=O) groups excluding carboxylic acids is 1. The van der Waals surface area contributed by atoms with E-state index < -0.39 is 11.7 Å². The summed E-state index contributed by atoms with van der Waals surface area (Å²) in [4.78, 5) is 30.8. The van der Waals surface area contributed by atoms with Crippen LogP contribution in [0.4, 0.5) is 22.0 Å². The van der Waals surface area contributed by atoms with E-state index in [1.807, 2.05) is 48.8 Å². The van der Waals surface area contributed by atoms with E-state index in [4.69, 9.17) is 19.9 Å². The fourth-order valence-corrected chi connectivity index (χ4v) is 5.66. The molecule has 11 heteroatoms. The number of hydrogen-bond acceptors (Lipinski definition) is 8. The number of fused-ring (bicyclic) bond motifs is 2. The predicted octanol–water partition coefficient (Wildman–Crippen LogP) is 6.98. The standard InChI is InChI=1S/C35H38FN9O/c1-21(2)29-20-41-45-31(29)43-33(38-17-23-12-14-35(4,5)40-18-23)44-34(45)39-19-25-8-6-7-9-27(25)30-28-11-10-26(42-32(46)22(3)36)16-24(28)13-15-37-30/h6-11,13,15-17,20-21,23,40H,3,12,14,18-19H2,1-2,4-5H3,(H,42,46)(H,39,43,44). The number of hydrogen-bond donors (Lipinski definition) is 3. The van der Waals surface area contributed by atoms with Gasteiger partial charge in [0.2, 0.25) is 5.95 Å². The van der Waals surface area contributed by atoms with Crippen LogP contribution in [0.1, 0.15) is 57.6 Å². The van der Waals surface area contributed by atoms with Crippen molar-refractivity contribution in [3.8, 4) is 11.3 Å².